The Kier molecular flexibility index (Phi) is 6.67. The molecule has 2 heterocycles. The van der Waals surface area contributed by atoms with E-state index in [1.165, 1.54) is 0 Å². The predicted molar refractivity (Wildman–Crippen MR) is 119 cm³/mol. The summed E-state index contributed by atoms with van der Waals surface area (Å²) in [5.41, 5.74) is -2.15. The van der Waals surface area contributed by atoms with Crippen LogP contribution in [-0.2, 0) is 19.3 Å². The topological polar surface area (TPSA) is 265 Å². The van der Waals surface area contributed by atoms with Crippen molar-refractivity contribution in [3.05, 3.63) is 40.1 Å². The second-order valence-corrected chi connectivity index (χ2v) is 9.16. The van der Waals surface area contributed by atoms with Crippen molar-refractivity contribution in [2.24, 2.45) is 0 Å². The zero-order valence-corrected chi connectivity index (χ0v) is 19.1. The third-order valence-electron chi connectivity index (χ3n) is 5.75. The minimum absolute atomic E-state index is 0.0741. The molecular weight excluding hydrogens is 524 g/mol. The van der Waals surface area contributed by atoms with Crippen LogP contribution in [-0.4, -0.2) is 84.8 Å². The maximum absolute atomic E-state index is 12.9. The van der Waals surface area contributed by atoms with Crippen molar-refractivity contribution in [3.8, 4) is 40.1 Å². The Labute approximate surface area is 206 Å². The Morgan fingerprint density at radius 1 is 0.892 bits per heavy atom. The summed E-state index contributed by atoms with van der Waals surface area (Å²) in [6.45, 7) is -0.903. The maximum Gasteiger partial charge on any atom is 0.397 e. The number of aromatic hydroxyl groups is 5. The van der Waals surface area contributed by atoms with E-state index in [9.17, 15) is 54.1 Å². The summed E-state index contributed by atoms with van der Waals surface area (Å²) in [7, 11) is -5.28. The molecule has 5 atom stereocenters. The molecule has 1 aliphatic heterocycles. The molecule has 1 aromatic heterocycles. The number of phenols is 5. The Bertz CT molecular complexity index is 1510. The fourth-order valence-electron chi connectivity index (χ4n) is 4.04. The van der Waals surface area contributed by atoms with E-state index in [2.05, 4.69) is 4.18 Å². The second kappa shape index (κ2) is 9.34. The molecule has 0 radical (unpaired) electrons. The first-order valence-electron chi connectivity index (χ1n) is 10.3. The average Bonchev–Trinajstić information content (AvgIpc) is 2.80. The summed E-state index contributed by atoms with van der Waals surface area (Å²) in [6.07, 6.45) is -9.71. The van der Waals surface area contributed by atoms with E-state index >= 15 is 0 Å². The van der Waals surface area contributed by atoms with Crippen LogP contribution >= 0.6 is 0 Å². The van der Waals surface area contributed by atoms with Crippen molar-refractivity contribution in [2.75, 3.05) is 6.61 Å². The van der Waals surface area contributed by atoms with Gasteiger partial charge in [0.25, 0.3) is 0 Å². The smallest absolute Gasteiger partial charge is 0.397 e. The van der Waals surface area contributed by atoms with Crippen molar-refractivity contribution < 1.29 is 67.2 Å². The van der Waals surface area contributed by atoms with Crippen LogP contribution in [0.15, 0.2) is 33.5 Å². The zero-order valence-electron chi connectivity index (χ0n) is 18.3. The Morgan fingerprint density at radius 3 is 2.08 bits per heavy atom. The Morgan fingerprint density at radius 2 is 1.51 bits per heavy atom. The highest BCUT2D eigenvalue weighted by atomic mass is 32.3. The minimum atomic E-state index is -5.28. The molecule has 15 nitrogen and oxygen atoms in total. The number of fused-ring (bicyclic) bond motifs is 1. The molecule has 3 aromatic rings. The van der Waals surface area contributed by atoms with Crippen molar-refractivity contribution in [1.82, 2.24) is 0 Å². The van der Waals surface area contributed by atoms with Crippen molar-refractivity contribution in [3.63, 3.8) is 0 Å². The van der Waals surface area contributed by atoms with E-state index in [0.717, 1.165) is 24.3 Å². The molecule has 1 fully saturated rings. The van der Waals surface area contributed by atoms with E-state index in [0.29, 0.717) is 0 Å². The molecule has 9 N–H and O–H groups in total. The van der Waals surface area contributed by atoms with Crippen molar-refractivity contribution in [2.45, 2.75) is 30.5 Å². The first-order valence-corrected chi connectivity index (χ1v) is 11.7. The number of benzene rings is 2. The van der Waals surface area contributed by atoms with E-state index in [4.69, 9.17) is 13.7 Å². The average molecular weight is 544 g/mol. The lowest BCUT2D eigenvalue weighted by molar-refractivity contribution is -0.226. The van der Waals surface area contributed by atoms with Gasteiger partial charge in [-0.1, -0.05) is 0 Å². The summed E-state index contributed by atoms with van der Waals surface area (Å²) in [6, 6.07) is 3.57. The normalized spacial score (nSPS) is 24.4. The van der Waals surface area contributed by atoms with Gasteiger partial charge in [-0.15, -0.1) is 0 Å². The molecule has 4 rings (SSSR count). The SMILES string of the molecule is O=c1cc(-c2cc(O)c(O)c(O)c2)oc2cc(O)c([C@@H]3O[C@H](CO)[C@@H](O)[C@H](O)[C@@H]3OS(=O)(=O)O)c(O)c12. The molecule has 2 aromatic carbocycles. The highest BCUT2D eigenvalue weighted by Gasteiger charge is 2.49. The molecule has 0 spiro atoms. The number of rotatable bonds is 5. The van der Waals surface area contributed by atoms with Gasteiger partial charge in [-0.25, -0.2) is 4.18 Å². The van der Waals surface area contributed by atoms with E-state index in [-0.39, 0.29) is 11.3 Å². The molecule has 0 aliphatic carbocycles. The van der Waals surface area contributed by atoms with Gasteiger partial charge in [0.2, 0.25) is 0 Å². The monoisotopic (exact) mass is 544 g/mol. The van der Waals surface area contributed by atoms with Gasteiger partial charge >= 0.3 is 10.4 Å². The van der Waals surface area contributed by atoms with Crippen molar-refractivity contribution in [1.29, 1.82) is 0 Å². The molecule has 16 heteroatoms. The van der Waals surface area contributed by atoms with E-state index < -0.39 is 98.2 Å². The van der Waals surface area contributed by atoms with Gasteiger partial charge < -0.3 is 50.0 Å². The van der Waals surface area contributed by atoms with Crippen LogP contribution in [0.3, 0.4) is 0 Å². The summed E-state index contributed by atoms with van der Waals surface area (Å²) in [4.78, 5) is 12.9. The van der Waals surface area contributed by atoms with Gasteiger partial charge in [0, 0.05) is 17.7 Å². The van der Waals surface area contributed by atoms with Gasteiger partial charge in [-0.2, -0.15) is 8.42 Å². The standard InChI is InChI=1S/C21H20O15S/c22-5-13-17(28)19(30)21(36-37(31,32)33)20(35-13)15-8(24)4-12-14(18(15)29)7(23)3-11(34-12)6-1-9(25)16(27)10(26)2-6/h1-4,13,17,19-22,24-30H,5H2,(H,31,32,33)/t13-,17-,19+,20+,21+/m1/s1. The minimum Gasteiger partial charge on any atom is -0.507 e. The number of aliphatic hydroxyl groups excluding tert-OH is 3. The van der Waals surface area contributed by atoms with Crippen LogP contribution in [0.25, 0.3) is 22.3 Å². The Hall–Kier alpha value is -3.64. The number of phenolic OH excluding ortho intramolecular Hbond substituents is 5. The van der Waals surface area contributed by atoms with Gasteiger partial charge in [0.15, 0.2) is 22.7 Å². The molecular formula is C21H20O15S. The fraction of sp³-hybridized carbons (Fsp3) is 0.286. The summed E-state index contributed by atoms with van der Waals surface area (Å²) in [5.74, 6) is -4.46. The molecule has 0 amide bonds. The largest absolute Gasteiger partial charge is 0.507 e. The molecule has 1 aliphatic rings. The lowest BCUT2D eigenvalue weighted by atomic mass is 9.89. The molecule has 37 heavy (non-hydrogen) atoms. The molecule has 0 unspecified atom stereocenters. The molecule has 1 saturated heterocycles. The predicted octanol–water partition coefficient (Wildman–Crippen LogP) is -0.670. The van der Waals surface area contributed by atoms with Gasteiger partial charge in [0.1, 0.15) is 58.7 Å². The number of ether oxygens (including phenoxy) is 1. The van der Waals surface area contributed by atoms with Crippen molar-refractivity contribution >= 4 is 21.4 Å². The fourth-order valence-corrected chi connectivity index (χ4v) is 4.54. The van der Waals surface area contributed by atoms with Gasteiger partial charge in [-0.05, 0) is 12.1 Å². The molecule has 0 bridgehead atoms. The number of hydrogen-bond acceptors (Lipinski definition) is 14. The molecule has 200 valence electrons. The van der Waals surface area contributed by atoms with Crippen LogP contribution in [0.5, 0.6) is 28.7 Å². The van der Waals surface area contributed by atoms with Crippen LogP contribution in [0, 0.1) is 0 Å². The first-order chi connectivity index (χ1) is 17.2. The first kappa shape index (κ1) is 26.4. The third-order valence-corrected chi connectivity index (χ3v) is 6.21. The highest BCUT2D eigenvalue weighted by molar-refractivity contribution is 7.80. The quantitative estimate of drug-likeness (QED) is 0.142. The Balaban J connectivity index is 1.90. The van der Waals surface area contributed by atoms with Gasteiger partial charge in [0.05, 0.1) is 12.2 Å². The third kappa shape index (κ3) is 4.74. The highest BCUT2D eigenvalue weighted by Crippen LogP contribution is 2.46. The summed E-state index contributed by atoms with van der Waals surface area (Å²) >= 11 is 0. The van der Waals surface area contributed by atoms with Crippen LogP contribution < -0.4 is 5.43 Å². The maximum atomic E-state index is 12.9. The van der Waals surface area contributed by atoms with Crippen LogP contribution in [0.1, 0.15) is 11.7 Å². The summed E-state index contributed by atoms with van der Waals surface area (Å²) < 4.78 is 47.1. The van der Waals surface area contributed by atoms with E-state index in [1.807, 2.05) is 0 Å². The lowest BCUT2D eigenvalue weighted by Gasteiger charge is -2.41. The van der Waals surface area contributed by atoms with E-state index in [1.54, 1.807) is 0 Å². The second-order valence-electron chi connectivity index (χ2n) is 8.12. The number of hydrogen-bond donors (Lipinski definition) is 9. The molecule has 0 saturated carbocycles. The summed E-state index contributed by atoms with van der Waals surface area (Å²) in [5, 5.41) is 79.9. The van der Waals surface area contributed by atoms with Gasteiger partial charge in [-0.3, -0.25) is 9.35 Å². The van der Waals surface area contributed by atoms with Crippen LogP contribution in [0.4, 0.5) is 0 Å². The van der Waals surface area contributed by atoms with Crippen LogP contribution in [0.2, 0.25) is 0 Å². The zero-order chi connectivity index (χ0) is 27.4. The lowest BCUT2D eigenvalue weighted by Crippen LogP contribution is -2.56. The number of aliphatic hydroxyl groups is 3.